The lowest BCUT2D eigenvalue weighted by Crippen LogP contribution is -2.27. The number of ketones is 1. The molecule has 0 atom stereocenters. The number of cyclic esters (lactones) is 1. The third-order valence-electron chi connectivity index (χ3n) is 3.27. The number of hydroxylamine groups is 1. The molecule has 0 fully saturated rings. The molecule has 0 bridgehead atoms. The highest BCUT2D eigenvalue weighted by molar-refractivity contribution is 6.24. The van der Waals surface area contributed by atoms with E-state index in [1.807, 2.05) is 13.8 Å². The molecule has 0 amide bonds. The summed E-state index contributed by atoms with van der Waals surface area (Å²) in [6, 6.07) is 0. The van der Waals surface area contributed by atoms with Crippen LogP contribution in [0.3, 0.4) is 0 Å². The van der Waals surface area contributed by atoms with E-state index in [9.17, 15) is 9.59 Å². The Morgan fingerprint density at radius 2 is 1.95 bits per heavy atom. The molecule has 21 heavy (non-hydrogen) atoms. The first-order valence-corrected chi connectivity index (χ1v) is 7.72. The van der Waals surface area contributed by atoms with Crippen LogP contribution in [0.2, 0.25) is 0 Å². The summed E-state index contributed by atoms with van der Waals surface area (Å²) in [5.41, 5.74) is 3.26. The van der Waals surface area contributed by atoms with Gasteiger partial charge in [0.25, 0.3) is 0 Å². The first-order chi connectivity index (χ1) is 10.1. The highest BCUT2D eigenvalue weighted by Gasteiger charge is 2.28. The van der Waals surface area contributed by atoms with Crippen molar-refractivity contribution >= 4 is 11.8 Å². The Bertz CT molecular complexity index is 438. The third kappa shape index (κ3) is 5.34. The zero-order valence-electron chi connectivity index (χ0n) is 13.2. The second-order valence-corrected chi connectivity index (χ2v) is 4.94. The van der Waals surface area contributed by atoms with Gasteiger partial charge in [0.1, 0.15) is 11.3 Å². The summed E-state index contributed by atoms with van der Waals surface area (Å²) in [6.07, 6.45) is 6.80. The number of ether oxygens (including phenoxy) is 1. The number of carbonyl (C=O) groups is 2. The summed E-state index contributed by atoms with van der Waals surface area (Å²) in [4.78, 5) is 29.3. The Labute approximate surface area is 126 Å². The minimum atomic E-state index is -0.599. The van der Waals surface area contributed by atoms with E-state index in [0.29, 0.717) is 30.9 Å². The number of hydrogen-bond acceptors (Lipinski definition) is 5. The summed E-state index contributed by atoms with van der Waals surface area (Å²) in [6.45, 7) is 6.39. The van der Waals surface area contributed by atoms with Gasteiger partial charge in [0.15, 0.2) is 5.78 Å². The average Bonchev–Trinajstić information content (AvgIpc) is 2.47. The van der Waals surface area contributed by atoms with Gasteiger partial charge in [-0.3, -0.25) is 15.1 Å². The maximum absolute atomic E-state index is 12.0. The van der Waals surface area contributed by atoms with Gasteiger partial charge in [-0.25, -0.2) is 4.79 Å². The van der Waals surface area contributed by atoms with Crippen LogP contribution in [0, 0.1) is 0 Å². The topological polar surface area (TPSA) is 64.6 Å². The van der Waals surface area contributed by atoms with Crippen molar-refractivity contribution in [3.8, 4) is 0 Å². The van der Waals surface area contributed by atoms with Crippen molar-refractivity contribution < 1.29 is 19.2 Å². The number of hydrogen-bond donors (Lipinski definition) is 1. The molecule has 5 nitrogen and oxygen atoms in total. The van der Waals surface area contributed by atoms with Gasteiger partial charge in [0.2, 0.25) is 0 Å². The van der Waals surface area contributed by atoms with E-state index in [1.54, 1.807) is 0 Å². The van der Waals surface area contributed by atoms with Crippen LogP contribution < -0.4 is 5.48 Å². The molecule has 1 heterocycles. The lowest BCUT2D eigenvalue weighted by Gasteiger charge is -2.17. The Balaban J connectivity index is 2.62. The molecule has 0 radical (unpaired) electrons. The number of unbranched alkanes of at least 4 members (excludes halogenated alkanes) is 3. The van der Waals surface area contributed by atoms with E-state index in [-0.39, 0.29) is 11.4 Å². The molecule has 1 aliphatic rings. The minimum absolute atomic E-state index is 0.0447. The average molecular weight is 295 g/mol. The van der Waals surface area contributed by atoms with E-state index < -0.39 is 5.97 Å². The zero-order valence-corrected chi connectivity index (χ0v) is 13.2. The predicted octanol–water partition coefficient (Wildman–Crippen LogP) is 3.17. The van der Waals surface area contributed by atoms with Gasteiger partial charge in [-0.1, -0.05) is 40.0 Å². The predicted molar refractivity (Wildman–Crippen MR) is 80.0 cm³/mol. The lowest BCUT2D eigenvalue weighted by molar-refractivity contribution is -0.138. The molecular formula is C16H25NO4. The monoisotopic (exact) mass is 295 g/mol. The summed E-state index contributed by atoms with van der Waals surface area (Å²) in [5, 5.41) is 0. The van der Waals surface area contributed by atoms with Gasteiger partial charge in [0, 0.05) is 12.5 Å². The molecule has 0 spiro atoms. The summed E-state index contributed by atoms with van der Waals surface area (Å²) in [7, 11) is 0. The Hall–Kier alpha value is -1.62. The van der Waals surface area contributed by atoms with Crippen LogP contribution in [-0.4, -0.2) is 18.4 Å². The van der Waals surface area contributed by atoms with E-state index >= 15 is 0 Å². The molecule has 118 valence electrons. The van der Waals surface area contributed by atoms with E-state index in [4.69, 9.17) is 9.57 Å². The largest absolute Gasteiger partial charge is 0.427 e. The molecule has 5 heteroatoms. The molecular weight excluding hydrogens is 270 g/mol. The zero-order chi connectivity index (χ0) is 15.7. The van der Waals surface area contributed by atoms with Gasteiger partial charge < -0.3 is 4.74 Å². The van der Waals surface area contributed by atoms with Gasteiger partial charge >= 0.3 is 5.97 Å². The first kappa shape index (κ1) is 17.4. The number of carbonyl (C=O) groups excluding carboxylic acids is 2. The van der Waals surface area contributed by atoms with E-state index in [0.717, 1.165) is 12.8 Å². The van der Waals surface area contributed by atoms with Crippen LogP contribution in [0.4, 0.5) is 0 Å². The van der Waals surface area contributed by atoms with Gasteiger partial charge in [-0.05, 0) is 12.8 Å². The fraction of sp³-hybridized carbons (Fsp3) is 0.625. The fourth-order valence-corrected chi connectivity index (χ4v) is 2.00. The van der Waals surface area contributed by atoms with Crippen LogP contribution in [0.1, 0.15) is 59.3 Å². The lowest BCUT2D eigenvalue weighted by atomic mass is 10.0. The standard InChI is InChI=1S/C16H25NO4/c1-4-7-8-9-10-20-17-13(6-3)15-14(18)11-12(5-2)21-16(15)19/h11,17H,4-10H2,1-3H3. The van der Waals surface area contributed by atoms with Crippen molar-refractivity contribution in [3.05, 3.63) is 23.1 Å². The Morgan fingerprint density at radius 3 is 2.52 bits per heavy atom. The molecule has 1 aliphatic heterocycles. The molecule has 0 aromatic rings. The third-order valence-corrected chi connectivity index (χ3v) is 3.27. The number of nitrogens with one attached hydrogen (secondary N) is 1. The summed E-state index contributed by atoms with van der Waals surface area (Å²) >= 11 is 0. The first-order valence-electron chi connectivity index (χ1n) is 7.72. The van der Waals surface area contributed by atoms with Gasteiger partial charge in [-0.2, -0.15) is 0 Å². The van der Waals surface area contributed by atoms with Crippen molar-refractivity contribution in [2.75, 3.05) is 6.61 Å². The van der Waals surface area contributed by atoms with E-state index in [2.05, 4.69) is 12.4 Å². The highest BCUT2D eigenvalue weighted by Crippen LogP contribution is 2.20. The minimum Gasteiger partial charge on any atom is -0.427 e. The van der Waals surface area contributed by atoms with Crippen molar-refractivity contribution in [3.63, 3.8) is 0 Å². The second-order valence-electron chi connectivity index (χ2n) is 4.94. The SMILES string of the molecule is CCCCCCONC(CC)=C1C(=O)C=C(CC)OC1=O. The molecule has 0 aromatic heterocycles. The molecule has 1 rings (SSSR count). The molecule has 1 N–H and O–H groups in total. The van der Waals surface area contributed by atoms with Crippen molar-refractivity contribution in [2.45, 2.75) is 59.3 Å². The highest BCUT2D eigenvalue weighted by atomic mass is 16.6. The van der Waals surface area contributed by atoms with Crippen molar-refractivity contribution in [1.29, 1.82) is 0 Å². The maximum Gasteiger partial charge on any atom is 0.349 e. The van der Waals surface area contributed by atoms with Crippen LogP contribution >= 0.6 is 0 Å². The fourth-order valence-electron chi connectivity index (χ4n) is 2.00. The molecule has 0 saturated heterocycles. The Kier molecular flexibility index (Phi) is 7.75. The molecule has 0 unspecified atom stereocenters. The normalized spacial score (nSPS) is 17.4. The molecule has 0 aliphatic carbocycles. The smallest absolute Gasteiger partial charge is 0.349 e. The maximum atomic E-state index is 12.0. The summed E-state index contributed by atoms with van der Waals surface area (Å²) < 4.78 is 5.11. The van der Waals surface area contributed by atoms with Crippen LogP contribution in [-0.2, 0) is 19.2 Å². The van der Waals surface area contributed by atoms with E-state index in [1.165, 1.54) is 18.9 Å². The van der Waals surface area contributed by atoms with Crippen LogP contribution in [0.5, 0.6) is 0 Å². The van der Waals surface area contributed by atoms with Crippen LogP contribution in [0.25, 0.3) is 0 Å². The number of rotatable bonds is 9. The second kappa shape index (κ2) is 9.34. The number of esters is 1. The molecule has 0 aromatic carbocycles. The summed E-state index contributed by atoms with van der Waals surface area (Å²) in [5.74, 6) is -0.509. The van der Waals surface area contributed by atoms with Crippen molar-refractivity contribution in [2.24, 2.45) is 0 Å². The quantitative estimate of drug-likeness (QED) is 0.233. The number of allylic oxidation sites excluding steroid dienone is 3. The van der Waals surface area contributed by atoms with Gasteiger partial charge in [-0.15, -0.1) is 0 Å². The van der Waals surface area contributed by atoms with Gasteiger partial charge in [0.05, 0.1) is 12.3 Å². The molecule has 0 saturated carbocycles. The Morgan fingerprint density at radius 1 is 1.19 bits per heavy atom. The van der Waals surface area contributed by atoms with Crippen LogP contribution in [0.15, 0.2) is 23.1 Å². The van der Waals surface area contributed by atoms with Crippen molar-refractivity contribution in [1.82, 2.24) is 5.48 Å².